The number of ether oxygens (including phenoxy) is 2. The molecule has 1 saturated heterocycles. The van der Waals surface area contributed by atoms with Gasteiger partial charge in [0, 0.05) is 22.2 Å². The highest BCUT2D eigenvalue weighted by molar-refractivity contribution is 14.1. The second-order valence-electron chi connectivity index (χ2n) is 6.44. The number of halogens is 1. The number of carbonyl (C=O) groups is 2. The Morgan fingerprint density at radius 2 is 1.81 bits per heavy atom. The van der Waals surface area contributed by atoms with Gasteiger partial charge in [-0.05, 0) is 52.9 Å². The van der Waals surface area contributed by atoms with Gasteiger partial charge in [-0.2, -0.15) is 0 Å². The van der Waals surface area contributed by atoms with E-state index in [-0.39, 0.29) is 18.4 Å². The Hall–Kier alpha value is -2.13. The normalized spacial score (nSPS) is 19.2. The summed E-state index contributed by atoms with van der Waals surface area (Å²) in [5, 5.41) is 0. The van der Waals surface area contributed by atoms with Crippen LogP contribution in [0.5, 0.6) is 5.75 Å². The third-order valence-electron chi connectivity index (χ3n) is 4.69. The molecule has 1 fully saturated rings. The minimum Gasteiger partial charge on any atom is -0.476 e. The zero-order valence-electron chi connectivity index (χ0n) is 14.6. The number of hydrogen-bond acceptors (Lipinski definition) is 4. The zero-order chi connectivity index (χ0) is 18.8. The number of morpholine rings is 1. The van der Waals surface area contributed by atoms with E-state index in [0.29, 0.717) is 43.3 Å². The van der Waals surface area contributed by atoms with Gasteiger partial charge in [0.1, 0.15) is 5.75 Å². The Bertz CT molecular complexity index is 867. The molecule has 0 aromatic heterocycles. The molecule has 4 rings (SSSR count). The van der Waals surface area contributed by atoms with Crippen molar-refractivity contribution in [1.29, 1.82) is 0 Å². The first-order chi connectivity index (χ1) is 13.1. The fourth-order valence-corrected chi connectivity index (χ4v) is 3.86. The van der Waals surface area contributed by atoms with Gasteiger partial charge in [-0.3, -0.25) is 9.59 Å². The summed E-state index contributed by atoms with van der Waals surface area (Å²) in [7, 11) is 0. The summed E-state index contributed by atoms with van der Waals surface area (Å²) in [5.41, 5.74) is 1.28. The number of hydrogen-bond donors (Lipinski definition) is 0. The molecule has 2 aromatic carbocycles. The Kier molecular flexibility index (Phi) is 5.31. The van der Waals surface area contributed by atoms with E-state index < -0.39 is 6.10 Å². The number of anilines is 1. The molecule has 0 saturated carbocycles. The number of rotatable bonds is 2. The molecule has 6 nitrogen and oxygen atoms in total. The number of para-hydroxylation sites is 2. The van der Waals surface area contributed by atoms with Crippen molar-refractivity contribution >= 4 is 40.1 Å². The monoisotopic (exact) mass is 478 g/mol. The van der Waals surface area contributed by atoms with Gasteiger partial charge in [-0.1, -0.05) is 18.2 Å². The first-order valence-electron chi connectivity index (χ1n) is 8.83. The molecule has 0 N–H and O–H groups in total. The van der Waals surface area contributed by atoms with Crippen LogP contribution in [0.4, 0.5) is 5.69 Å². The number of benzene rings is 2. The summed E-state index contributed by atoms with van der Waals surface area (Å²) in [6.45, 7) is 2.34. The van der Waals surface area contributed by atoms with Gasteiger partial charge in [0.15, 0.2) is 6.10 Å². The van der Waals surface area contributed by atoms with Crippen LogP contribution in [-0.2, 0) is 9.53 Å². The van der Waals surface area contributed by atoms with Crippen molar-refractivity contribution in [2.24, 2.45) is 0 Å². The van der Waals surface area contributed by atoms with E-state index in [2.05, 4.69) is 22.6 Å². The average molecular weight is 478 g/mol. The first-order valence-corrected chi connectivity index (χ1v) is 9.91. The molecule has 1 atom stereocenters. The van der Waals surface area contributed by atoms with E-state index in [1.807, 2.05) is 36.4 Å². The van der Waals surface area contributed by atoms with E-state index in [0.717, 1.165) is 3.57 Å². The second kappa shape index (κ2) is 7.85. The second-order valence-corrected chi connectivity index (χ2v) is 7.68. The van der Waals surface area contributed by atoms with Crippen LogP contribution >= 0.6 is 22.6 Å². The predicted octanol–water partition coefficient (Wildman–Crippen LogP) is 2.56. The maximum atomic E-state index is 13.2. The number of fused-ring (bicyclic) bond motifs is 1. The molecule has 0 radical (unpaired) electrons. The SMILES string of the molecule is O=C(C1CN(C(=O)c2cccc(I)c2)c2ccccc2O1)N1CCOCC1. The number of amides is 2. The van der Waals surface area contributed by atoms with Gasteiger partial charge >= 0.3 is 0 Å². The molecule has 27 heavy (non-hydrogen) atoms. The highest BCUT2D eigenvalue weighted by Crippen LogP contribution is 2.34. The van der Waals surface area contributed by atoms with Crippen LogP contribution in [0, 0.1) is 3.57 Å². The summed E-state index contributed by atoms with van der Waals surface area (Å²) in [4.78, 5) is 29.5. The van der Waals surface area contributed by atoms with Crippen LogP contribution in [0.1, 0.15) is 10.4 Å². The predicted molar refractivity (Wildman–Crippen MR) is 109 cm³/mol. The molecule has 140 valence electrons. The van der Waals surface area contributed by atoms with Gasteiger partial charge in [-0.15, -0.1) is 0 Å². The molecule has 2 aromatic rings. The van der Waals surface area contributed by atoms with E-state index in [4.69, 9.17) is 9.47 Å². The summed E-state index contributed by atoms with van der Waals surface area (Å²) in [6, 6.07) is 14.8. The van der Waals surface area contributed by atoms with E-state index >= 15 is 0 Å². The molecule has 0 aliphatic carbocycles. The highest BCUT2D eigenvalue weighted by Gasteiger charge is 2.36. The summed E-state index contributed by atoms with van der Waals surface area (Å²) < 4.78 is 12.3. The molecule has 2 aliphatic heterocycles. The van der Waals surface area contributed by atoms with Crippen molar-refractivity contribution in [3.05, 3.63) is 57.7 Å². The minimum atomic E-state index is -0.718. The lowest BCUT2D eigenvalue weighted by molar-refractivity contribution is -0.142. The Labute approximate surface area is 171 Å². The van der Waals surface area contributed by atoms with Crippen LogP contribution in [0.15, 0.2) is 48.5 Å². The fourth-order valence-electron chi connectivity index (χ4n) is 3.32. The maximum Gasteiger partial charge on any atom is 0.265 e. The lowest BCUT2D eigenvalue weighted by atomic mass is 10.1. The Balaban J connectivity index is 1.64. The lowest BCUT2D eigenvalue weighted by Gasteiger charge is -2.37. The molecule has 2 heterocycles. The number of carbonyl (C=O) groups excluding carboxylic acids is 2. The van der Waals surface area contributed by atoms with Crippen molar-refractivity contribution in [3.63, 3.8) is 0 Å². The zero-order valence-corrected chi connectivity index (χ0v) is 16.8. The van der Waals surface area contributed by atoms with Crippen LogP contribution in [0.25, 0.3) is 0 Å². The van der Waals surface area contributed by atoms with E-state index in [9.17, 15) is 9.59 Å². The maximum absolute atomic E-state index is 13.2. The van der Waals surface area contributed by atoms with Gasteiger partial charge in [0.25, 0.3) is 11.8 Å². The molecular formula is C20H19IN2O4. The molecule has 7 heteroatoms. The van der Waals surface area contributed by atoms with Crippen molar-refractivity contribution in [2.75, 3.05) is 37.7 Å². The van der Waals surface area contributed by atoms with Crippen LogP contribution in [0.3, 0.4) is 0 Å². The smallest absolute Gasteiger partial charge is 0.265 e. The standard InChI is InChI=1S/C20H19IN2O4/c21-15-5-3-4-14(12-15)19(24)23-13-18(20(25)22-8-10-26-11-9-22)27-17-7-2-1-6-16(17)23/h1-7,12,18H,8-11,13H2. The molecule has 1 unspecified atom stereocenters. The van der Waals surface area contributed by atoms with Crippen LogP contribution in [0.2, 0.25) is 0 Å². The van der Waals surface area contributed by atoms with Crippen molar-refractivity contribution in [3.8, 4) is 5.75 Å². The van der Waals surface area contributed by atoms with Gasteiger partial charge in [0.2, 0.25) is 0 Å². The Morgan fingerprint density at radius 3 is 2.59 bits per heavy atom. The summed E-state index contributed by atoms with van der Waals surface area (Å²) in [5.74, 6) is 0.312. The molecular weight excluding hydrogens is 459 g/mol. The van der Waals surface area contributed by atoms with Crippen LogP contribution < -0.4 is 9.64 Å². The summed E-state index contributed by atoms with van der Waals surface area (Å²) >= 11 is 2.19. The first kappa shape index (κ1) is 18.2. The van der Waals surface area contributed by atoms with Gasteiger partial charge < -0.3 is 19.3 Å². The van der Waals surface area contributed by atoms with Crippen molar-refractivity contribution < 1.29 is 19.1 Å². The van der Waals surface area contributed by atoms with Crippen molar-refractivity contribution in [2.45, 2.75) is 6.10 Å². The lowest BCUT2D eigenvalue weighted by Crippen LogP contribution is -2.54. The van der Waals surface area contributed by atoms with Crippen molar-refractivity contribution in [1.82, 2.24) is 4.90 Å². The fraction of sp³-hybridized carbons (Fsp3) is 0.300. The molecule has 0 spiro atoms. The third kappa shape index (κ3) is 3.79. The molecule has 2 aliphatic rings. The van der Waals surface area contributed by atoms with Crippen LogP contribution in [-0.4, -0.2) is 55.7 Å². The average Bonchev–Trinajstić information content (AvgIpc) is 2.72. The Morgan fingerprint density at radius 1 is 1.04 bits per heavy atom. The van der Waals surface area contributed by atoms with E-state index in [1.54, 1.807) is 21.9 Å². The molecule has 0 bridgehead atoms. The van der Waals surface area contributed by atoms with Gasteiger partial charge in [-0.25, -0.2) is 0 Å². The quantitative estimate of drug-likeness (QED) is 0.623. The van der Waals surface area contributed by atoms with E-state index in [1.165, 1.54) is 0 Å². The third-order valence-corrected chi connectivity index (χ3v) is 5.36. The van der Waals surface area contributed by atoms with Gasteiger partial charge in [0.05, 0.1) is 25.4 Å². The molecule has 2 amide bonds. The largest absolute Gasteiger partial charge is 0.476 e. The number of nitrogens with zero attached hydrogens (tertiary/aromatic N) is 2. The topological polar surface area (TPSA) is 59.1 Å². The minimum absolute atomic E-state index is 0.103. The highest BCUT2D eigenvalue weighted by atomic mass is 127. The summed E-state index contributed by atoms with van der Waals surface area (Å²) in [6.07, 6.45) is -0.718.